The Morgan fingerprint density at radius 2 is 1.75 bits per heavy atom. The lowest BCUT2D eigenvalue weighted by Gasteiger charge is -2.28. The fourth-order valence-electron chi connectivity index (χ4n) is 3.27. The molecule has 1 unspecified atom stereocenters. The molecule has 0 fully saturated rings. The summed E-state index contributed by atoms with van der Waals surface area (Å²) in [6, 6.07) is 12.9. The van der Waals surface area contributed by atoms with E-state index in [2.05, 4.69) is 29.6 Å². The summed E-state index contributed by atoms with van der Waals surface area (Å²) in [5, 5.41) is 3.62. The van der Waals surface area contributed by atoms with Crippen LogP contribution in [-0.4, -0.2) is 27.4 Å². The molecule has 0 amide bonds. The molecule has 1 aliphatic heterocycles. The van der Waals surface area contributed by atoms with E-state index in [1.165, 1.54) is 16.7 Å². The molecule has 1 heterocycles. The van der Waals surface area contributed by atoms with Gasteiger partial charge in [0.1, 0.15) is 5.75 Å². The van der Waals surface area contributed by atoms with Gasteiger partial charge in [-0.1, -0.05) is 12.1 Å². The van der Waals surface area contributed by atoms with Gasteiger partial charge in [0, 0.05) is 6.04 Å². The Morgan fingerprint density at radius 1 is 1.04 bits per heavy atom. The van der Waals surface area contributed by atoms with Crippen LogP contribution in [0.5, 0.6) is 17.2 Å². The van der Waals surface area contributed by atoms with E-state index in [9.17, 15) is 0 Å². The number of benzene rings is 2. The summed E-state index contributed by atoms with van der Waals surface area (Å²) in [5.41, 5.74) is 3.92. The molecule has 0 saturated heterocycles. The Labute approximate surface area is 143 Å². The maximum atomic E-state index is 5.52. The van der Waals surface area contributed by atoms with Gasteiger partial charge in [0.15, 0.2) is 11.5 Å². The largest absolute Gasteiger partial charge is 0.494 e. The zero-order chi connectivity index (χ0) is 16.9. The summed E-state index contributed by atoms with van der Waals surface area (Å²) in [7, 11) is 3.37. The summed E-state index contributed by atoms with van der Waals surface area (Å²) < 4.78 is 16.4. The predicted molar refractivity (Wildman–Crippen MR) is 95.3 cm³/mol. The van der Waals surface area contributed by atoms with E-state index in [0.29, 0.717) is 6.61 Å². The van der Waals surface area contributed by atoms with Crippen LogP contribution in [0.4, 0.5) is 0 Å². The monoisotopic (exact) mass is 327 g/mol. The number of hydrogen-bond acceptors (Lipinski definition) is 4. The van der Waals surface area contributed by atoms with Crippen molar-refractivity contribution < 1.29 is 14.2 Å². The molecule has 1 atom stereocenters. The lowest BCUT2D eigenvalue weighted by atomic mass is 9.90. The molecule has 24 heavy (non-hydrogen) atoms. The Bertz CT molecular complexity index is 682. The number of fused-ring (bicyclic) bond motifs is 1. The second kappa shape index (κ2) is 7.58. The molecule has 0 aromatic heterocycles. The van der Waals surface area contributed by atoms with Crippen molar-refractivity contribution >= 4 is 0 Å². The first kappa shape index (κ1) is 16.7. The van der Waals surface area contributed by atoms with Crippen LogP contribution in [0.25, 0.3) is 0 Å². The summed E-state index contributed by atoms with van der Waals surface area (Å²) in [5.74, 6) is 2.51. The van der Waals surface area contributed by atoms with E-state index in [4.69, 9.17) is 14.2 Å². The van der Waals surface area contributed by atoms with Gasteiger partial charge in [0.25, 0.3) is 0 Å². The van der Waals surface area contributed by atoms with Crippen LogP contribution in [0.3, 0.4) is 0 Å². The van der Waals surface area contributed by atoms with Crippen LogP contribution in [0.15, 0.2) is 36.4 Å². The highest BCUT2D eigenvalue weighted by Gasteiger charge is 2.22. The van der Waals surface area contributed by atoms with Gasteiger partial charge in [-0.25, -0.2) is 0 Å². The van der Waals surface area contributed by atoms with Crippen LogP contribution in [0.1, 0.15) is 29.7 Å². The fourth-order valence-corrected chi connectivity index (χ4v) is 3.27. The van der Waals surface area contributed by atoms with E-state index in [1.807, 2.05) is 19.1 Å². The summed E-state index contributed by atoms with van der Waals surface area (Å²) >= 11 is 0. The van der Waals surface area contributed by atoms with E-state index >= 15 is 0 Å². The van der Waals surface area contributed by atoms with Crippen molar-refractivity contribution in [2.24, 2.45) is 0 Å². The average molecular weight is 327 g/mol. The van der Waals surface area contributed by atoms with Crippen molar-refractivity contribution in [1.29, 1.82) is 0 Å². The molecule has 0 bridgehead atoms. The Kier molecular flexibility index (Phi) is 5.26. The molecule has 0 saturated carbocycles. The SMILES string of the molecule is CCOc1ccc(CC2NCCc3cc(OC)c(OC)cc32)cc1. The standard InChI is InChI=1S/C20H25NO3/c1-4-24-16-7-5-14(6-8-16)11-18-17-13-20(23-3)19(22-2)12-15(17)9-10-21-18/h5-8,12-13,18,21H,4,9-11H2,1-3H3. The lowest BCUT2D eigenvalue weighted by Crippen LogP contribution is -2.31. The molecule has 2 aromatic carbocycles. The van der Waals surface area contributed by atoms with Crippen LogP contribution in [0.2, 0.25) is 0 Å². The molecule has 3 rings (SSSR count). The maximum absolute atomic E-state index is 5.52. The van der Waals surface area contributed by atoms with E-state index in [-0.39, 0.29) is 6.04 Å². The van der Waals surface area contributed by atoms with Gasteiger partial charge in [-0.05, 0) is 67.3 Å². The first-order chi connectivity index (χ1) is 11.7. The van der Waals surface area contributed by atoms with Crippen molar-refractivity contribution in [1.82, 2.24) is 5.32 Å². The Morgan fingerprint density at radius 3 is 2.42 bits per heavy atom. The van der Waals surface area contributed by atoms with Crippen molar-refractivity contribution in [2.75, 3.05) is 27.4 Å². The normalized spacial score (nSPS) is 16.4. The summed E-state index contributed by atoms with van der Waals surface area (Å²) in [6.07, 6.45) is 1.95. The van der Waals surface area contributed by atoms with Gasteiger partial charge in [0.05, 0.1) is 20.8 Å². The van der Waals surface area contributed by atoms with Crippen molar-refractivity contribution in [2.45, 2.75) is 25.8 Å². The molecule has 4 nitrogen and oxygen atoms in total. The first-order valence-electron chi connectivity index (χ1n) is 8.45. The van der Waals surface area contributed by atoms with Crippen LogP contribution in [-0.2, 0) is 12.8 Å². The third-order valence-electron chi connectivity index (χ3n) is 4.48. The van der Waals surface area contributed by atoms with E-state index in [0.717, 1.165) is 36.6 Å². The molecule has 0 radical (unpaired) electrons. The number of hydrogen-bond donors (Lipinski definition) is 1. The molecule has 0 spiro atoms. The van der Waals surface area contributed by atoms with Crippen LogP contribution < -0.4 is 19.5 Å². The smallest absolute Gasteiger partial charge is 0.161 e. The average Bonchev–Trinajstić information content (AvgIpc) is 2.62. The summed E-state index contributed by atoms with van der Waals surface area (Å²) in [6.45, 7) is 3.67. The van der Waals surface area contributed by atoms with Gasteiger partial charge >= 0.3 is 0 Å². The quantitative estimate of drug-likeness (QED) is 0.881. The minimum Gasteiger partial charge on any atom is -0.494 e. The number of nitrogens with one attached hydrogen (secondary N) is 1. The highest BCUT2D eigenvalue weighted by molar-refractivity contribution is 5.49. The topological polar surface area (TPSA) is 39.7 Å². The predicted octanol–water partition coefficient (Wildman–Crippen LogP) is 3.53. The molecule has 128 valence electrons. The zero-order valence-electron chi connectivity index (χ0n) is 14.6. The van der Waals surface area contributed by atoms with Gasteiger partial charge < -0.3 is 19.5 Å². The number of methoxy groups -OCH3 is 2. The minimum absolute atomic E-state index is 0.284. The molecular formula is C20H25NO3. The molecule has 0 aliphatic carbocycles. The van der Waals surface area contributed by atoms with Gasteiger partial charge in [-0.3, -0.25) is 0 Å². The van der Waals surface area contributed by atoms with E-state index in [1.54, 1.807) is 14.2 Å². The van der Waals surface area contributed by atoms with E-state index < -0.39 is 0 Å². The van der Waals surface area contributed by atoms with Crippen LogP contribution >= 0.6 is 0 Å². The fraction of sp³-hybridized carbons (Fsp3) is 0.400. The lowest BCUT2D eigenvalue weighted by molar-refractivity contribution is 0.340. The zero-order valence-corrected chi connectivity index (χ0v) is 14.6. The highest BCUT2D eigenvalue weighted by Crippen LogP contribution is 2.36. The van der Waals surface area contributed by atoms with Crippen molar-refractivity contribution in [3.05, 3.63) is 53.1 Å². The Balaban J connectivity index is 1.83. The second-order valence-electron chi connectivity index (χ2n) is 5.94. The molecule has 1 N–H and O–H groups in total. The van der Waals surface area contributed by atoms with Crippen molar-refractivity contribution in [3.8, 4) is 17.2 Å². The molecule has 2 aromatic rings. The van der Waals surface area contributed by atoms with Gasteiger partial charge in [0.2, 0.25) is 0 Å². The summed E-state index contributed by atoms with van der Waals surface area (Å²) in [4.78, 5) is 0. The third kappa shape index (κ3) is 3.49. The second-order valence-corrected chi connectivity index (χ2v) is 5.94. The Hall–Kier alpha value is -2.20. The van der Waals surface area contributed by atoms with Gasteiger partial charge in [-0.15, -0.1) is 0 Å². The number of rotatable bonds is 6. The first-order valence-corrected chi connectivity index (χ1v) is 8.45. The third-order valence-corrected chi connectivity index (χ3v) is 4.48. The maximum Gasteiger partial charge on any atom is 0.161 e. The molecular weight excluding hydrogens is 302 g/mol. The molecule has 4 heteroatoms. The molecule has 1 aliphatic rings. The minimum atomic E-state index is 0.284. The van der Waals surface area contributed by atoms with Crippen molar-refractivity contribution in [3.63, 3.8) is 0 Å². The highest BCUT2D eigenvalue weighted by atomic mass is 16.5. The number of ether oxygens (including phenoxy) is 3. The van der Waals surface area contributed by atoms with Gasteiger partial charge in [-0.2, -0.15) is 0 Å². The van der Waals surface area contributed by atoms with Crippen LogP contribution in [0, 0.1) is 0 Å².